The fourth-order valence-electron chi connectivity index (χ4n) is 1.07. The Bertz CT molecular complexity index is 316. The van der Waals surface area contributed by atoms with E-state index in [1.165, 1.54) is 12.3 Å². The zero-order chi connectivity index (χ0) is 9.84. The van der Waals surface area contributed by atoms with Gasteiger partial charge in [-0.15, -0.1) is 0 Å². The topological polar surface area (TPSA) is 38.9 Å². The molecule has 1 aromatic heterocycles. The number of aromatic nitrogens is 1. The van der Waals surface area contributed by atoms with E-state index in [9.17, 15) is 4.39 Å². The summed E-state index contributed by atoms with van der Waals surface area (Å²) in [5, 5.41) is 0. The normalized spacial score (nSPS) is 12.3. The number of pyridine rings is 1. The van der Waals surface area contributed by atoms with Gasteiger partial charge in [0.1, 0.15) is 5.82 Å². The smallest absolute Gasteiger partial charge is 0.141 e. The molecule has 1 atom stereocenters. The number of nitrogens with zero attached hydrogens (tertiary/aromatic N) is 1. The summed E-state index contributed by atoms with van der Waals surface area (Å²) >= 11 is 0. The van der Waals surface area contributed by atoms with Gasteiger partial charge in [-0.3, -0.25) is 4.98 Å². The van der Waals surface area contributed by atoms with Crippen molar-refractivity contribution in [3.8, 4) is 0 Å². The predicted octanol–water partition coefficient (Wildman–Crippen LogP) is 2.19. The number of allylic oxidation sites excluding steroid dienone is 1. The van der Waals surface area contributed by atoms with Crippen LogP contribution >= 0.6 is 0 Å². The highest BCUT2D eigenvalue weighted by Gasteiger charge is 2.03. The minimum atomic E-state index is -0.352. The van der Waals surface area contributed by atoms with Gasteiger partial charge < -0.3 is 5.73 Å². The average molecular weight is 180 g/mol. The molecule has 0 aromatic carbocycles. The fourth-order valence-corrected chi connectivity index (χ4v) is 1.07. The standard InChI is InChI=1S/C10H13FN2/c1-7(2)3-10(12)8-4-9(11)6-13-5-8/h3-6,10H,12H2,1-2H3. The molecule has 0 saturated carbocycles. The van der Waals surface area contributed by atoms with Gasteiger partial charge in [0.05, 0.1) is 6.20 Å². The van der Waals surface area contributed by atoms with Crippen molar-refractivity contribution in [2.75, 3.05) is 0 Å². The van der Waals surface area contributed by atoms with Gasteiger partial charge in [-0.25, -0.2) is 4.39 Å². The number of halogens is 1. The van der Waals surface area contributed by atoms with E-state index >= 15 is 0 Å². The van der Waals surface area contributed by atoms with Gasteiger partial charge in [-0.2, -0.15) is 0 Å². The molecule has 0 amide bonds. The van der Waals surface area contributed by atoms with Crippen LogP contribution < -0.4 is 5.73 Å². The quantitative estimate of drug-likeness (QED) is 0.708. The number of hydrogen-bond donors (Lipinski definition) is 1. The Morgan fingerprint density at radius 1 is 1.54 bits per heavy atom. The van der Waals surface area contributed by atoms with Crippen molar-refractivity contribution in [1.82, 2.24) is 4.98 Å². The maximum absolute atomic E-state index is 12.7. The van der Waals surface area contributed by atoms with Crippen LogP contribution in [0.2, 0.25) is 0 Å². The summed E-state index contributed by atoms with van der Waals surface area (Å²) in [5.74, 6) is -0.352. The molecule has 70 valence electrons. The van der Waals surface area contributed by atoms with Crippen LogP contribution in [0.15, 0.2) is 30.1 Å². The molecule has 0 aliphatic rings. The van der Waals surface area contributed by atoms with Crippen LogP contribution in [0.4, 0.5) is 4.39 Å². The maximum atomic E-state index is 12.7. The Balaban J connectivity index is 2.89. The van der Waals surface area contributed by atoms with Crippen molar-refractivity contribution in [1.29, 1.82) is 0 Å². The Labute approximate surface area is 77.3 Å². The van der Waals surface area contributed by atoms with E-state index in [0.29, 0.717) is 5.56 Å². The molecule has 2 N–H and O–H groups in total. The zero-order valence-electron chi connectivity index (χ0n) is 7.79. The minimum absolute atomic E-state index is 0.270. The lowest BCUT2D eigenvalue weighted by Crippen LogP contribution is -2.08. The van der Waals surface area contributed by atoms with Gasteiger partial charge in [0.25, 0.3) is 0 Å². The summed E-state index contributed by atoms with van der Waals surface area (Å²) in [6.45, 7) is 3.90. The van der Waals surface area contributed by atoms with Gasteiger partial charge >= 0.3 is 0 Å². The van der Waals surface area contributed by atoms with E-state index in [0.717, 1.165) is 5.57 Å². The second-order valence-electron chi connectivity index (χ2n) is 3.21. The first-order chi connectivity index (χ1) is 6.09. The minimum Gasteiger partial charge on any atom is -0.321 e. The van der Waals surface area contributed by atoms with E-state index in [-0.39, 0.29) is 11.9 Å². The van der Waals surface area contributed by atoms with Crippen LogP contribution in [0.5, 0.6) is 0 Å². The lowest BCUT2D eigenvalue weighted by molar-refractivity contribution is 0.616. The summed E-state index contributed by atoms with van der Waals surface area (Å²) in [4.78, 5) is 3.73. The molecule has 0 aliphatic heterocycles. The third-order valence-electron chi connectivity index (χ3n) is 1.62. The number of rotatable bonds is 2. The van der Waals surface area contributed by atoms with Gasteiger partial charge in [0.15, 0.2) is 0 Å². The van der Waals surface area contributed by atoms with Gasteiger partial charge in [0, 0.05) is 12.2 Å². The van der Waals surface area contributed by atoms with Crippen LogP contribution in [-0.4, -0.2) is 4.98 Å². The predicted molar refractivity (Wildman–Crippen MR) is 50.6 cm³/mol. The molecular formula is C10H13FN2. The highest BCUT2D eigenvalue weighted by Crippen LogP contribution is 2.12. The zero-order valence-corrected chi connectivity index (χ0v) is 7.79. The van der Waals surface area contributed by atoms with Gasteiger partial charge in [-0.05, 0) is 25.5 Å². The molecule has 13 heavy (non-hydrogen) atoms. The van der Waals surface area contributed by atoms with Crippen molar-refractivity contribution in [2.24, 2.45) is 5.73 Å². The van der Waals surface area contributed by atoms with E-state index < -0.39 is 0 Å². The van der Waals surface area contributed by atoms with E-state index in [1.807, 2.05) is 19.9 Å². The first-order valence-corrected chi connectivity index (χ1v) is 4.10. The Morgan fingerprint density at radius 3 is 2.77 bits per heavy atom. The van der Waals surface area contributed by atoms with Crippen LogP contribution in [0.3, 0.4) is 0 Å². The lowest BCUT2D eigenvalue weighted by Gasteiger charge is -2.06. The molecule has 0 fully saturated rings. The second kappa shape index (κ2) is 4.14. The molecule has 2 nitrogen and oxygen atoms in total. The van der Waals surface area contributed by atoms with Crippen molar-refractivity contribution >= 4 is 0 Å². The SMILES string of the molecule is CC(C)=CC(N)c1cncc(F)c1. The summed E-state index contributed by atoms with van der Waals surface area (Å²) in [5.41, 5.74) is 7.59. The van der Waals surface area contributed by atoms with E-state index in [1.54, 1.807) is 6.20 Å². The molecule has 0 bridgehead atoms. The Morgan fingerprint density at radius 2 is 2.23 bits per heavy atom. The van der Waals surface area contributed by atoms with E-state index in [4.69, 9.17) is 5.73 Å². The second-order valence-corrected chi connectivity index (χ2v) is 3.21. The molecule has 0 aliphatic carbocycles. The highest BCUT2D eigenvalue weighted by atomic mass is 19.1. The molecule has 1 heterocycles. The Hall–Kier alpha value is -1.22. The molecule has 0 radical (unpaired) electrons. The molecule has 1 unspecified atom stereocenters. The average Bonchev–Trinajstić information content (AvgIpc) is 2.03. The third-order valence-corrected chi connectivity index (χ3v) is 1.62. The number of hydrogen-bond acceptors (Lipinski definition) is 2. The summed E-state index contributed by atoms with van der Waals surface area (Å²) in [6, 6.07) is 1.13. The first-order valence-electron chi connectivity index (χ1n) is 4.10. The van der Waals surface area contributed by atoms with Crippen molar-refractivity contribution in [2.45, 2.75) is 19.9 Å². The first kappa shape index (κ1) is 9.86. The van der Waals surface area contributed by atoms with Crippen LogP contribution in [0.25, 0.3) is 0 Å². The lowest BCUT2D eigenvalue weighted by atomic mass is 10.1. The molecule has 1 rings (SSSR count). The third kappa shape index (κ3) is 2.95. The largest absolute Gasteiger partial charge is 0.321 e. The molecule has 3 heteroatoms. The summed E-state index contributed by atoms with van der Waals surface area (Å²) < 4.78 is 12.7. The van der Waals surface area contributed by atoms with Crippen LogP contribution in [-0.2, 0) is 0 Å². The molecule has 0 saturated heterocycles. The molecule has 1 aromatic rings. The monoisotopic (exact) mass is 180 g/mol. The van der Waals surface area contributed by atoms with Crippen molar-refractivity contribution in [3.63, 3.8) is 0 Å². The van der Waals surface area contributed by atoms with Crippen LogP contribution in [0, 0.1) is 5.82 Å². The summed E-state index contributed by atoms with van der Waals surface area (Å²) in [6.07, 6.45) is 4.61. The van der Waals surface area contributed by atoms with Gasteiger partial charge in [-0.1, -0.05) is 11.6 Å². The number of nitrogens with two attached hydrogens (primary N) is 1. The summed E-state index contributed by atoms with van der Waals surface area (Å²) in [7, 11) is 0. The van der Waals surface area contributed by atoms with Gasteiger partial charge in [0.2, 0.25) is 0 Å². The highest BCUT2D eigenvalue weighted by molar-refractivity contribution is 5.20. The van der Waals surface area contributed by atoms with Crippen molar-refractivity contribution < 1.29 is 4.39 Å². The maximum Gasteiger partial charge on any atom is 0.141 e. The van der Waals surface area contributed by atoms with Crippen LogP contribution in [0.1, 0.15) is 25.5 Å². The fraction of sp³-hybridized carbons (Fsp3) is 0.300. The molecular weight excluding hydrogens is 167 g/mol. The Kier molecular flexibility index (Phi) is 3.14. The van der Waals surface area contributed by atoms with E-state index in [2.05, 4.69) is 4.98 Å². The molecule has 0 spiro atoms. The van der Waals surface area contributed by atoms with Crippen molar-refractivity contribution in [3.05, 3.63) is 41.5 Å².